The molecule has 2 saturated heterocycles. The molecule has 0 aromatic heterocycles. The van der Waals surface area contributed by atoms with E-state index in [1.54, 1.807) is 4.90 Å². The lowest BCUT2D eigenvalue weighted by atomic mass is 10.0. The van der Waals surface area contributed by atoms with Crippen LogP contribution in [0.5, 0.6) is 0 Å². The van der Waals surface area contributed by atoms with Crippen molar-refractivity contribution < 1.29 is 9.59 Å². The normalized spacial score (nSPS) is 22.5. The molecule has 23 heavy (non-hydrogen) atoms. The number of piperazine rings is 1. The number of carbonyl (C=O) groups excluding carboxylic acids is 2. The fourth-order valence-corrected chi connectivity index (χ4v) is 3.24. The minimum absolute atomic E-state index is 0.0826. The van der Waals surface area contributed by atoms with Crippen molar-refractivity contribution in [3.63, 3.8) is 0 Å². The highest BCUT2D eigenvalue weighted by Gasteiger charge is 2.26. The molecule has 2 fully saturated rings. The molecule has 3 rings (SSSR count). The van der Waals surface area contributed by atoms with Gasteiger partial charge in [0.15, 0.2) is 0 Å². The van der Waals surface area contributed by atoms with E-state index in [0.29, 0.717) is 13.1 Å². The molecule has 0 spiro atoms. The summed E-state index contributed by atoms with van der Waals surface area (Å²) in [6.07, 6.45) is 2.08. The number of hydrogen-bond donors (Lipinski definition) is 2. The zero-order valence-corrected chi connectivity index (χ0v) is 13.3. The first kappa shape index (κ1) is 15.8. The van der Waals surface area contributed by atoms with Gasteiger partial charge in [-0.25, -0.2) is 4.79 Å². The van der Waals surface area contributed by atoms with Crippen LogP contribution in [0.15, 0.2) is 30.3 Å². The Labute approximate surface area is 136 Å². The van der Waals surface area contributed by atoms with Crippen LogP contribution in [0.25, 0.3) is 0 Å². The number of nitrogens with one attached hydrogen (secondary N) is 2. The third-order valence-corrected chi connectivity index (χ3v) is 4.41. The van der Waals surface area contributed by atoms with Crippen LogP contribution in [-0.4, -0.2) is 60.5 Å². The Morgan fingerprint density at radius 3 is 2.87 bits per heavy atom. The summed E-state index contributed by atoms with van der Waals surface area (Å²) in [4.78, 5) is 27.7. The first-order chi connectivity index (χ1) is 11.2. The average molecular weight is 316 g/mol. The van der Waals surface area contributed by atoms with Crippen molar-refractivity contribution in [3.8, 4) is 0 Å². The lowest BCUT2D eigenvalue weighted by Gasteiger charge is -2.35. The van der Waals surface area contributed by atoms with E-state index in [4.69, 9.17) is 0 Å². The number of likely N-dealkylation sites (tertiary alicyclic amines) is 1. The standard InChI is InChI=1S/C17H24N4O2/c22-16-13-21(10-8-18-16)17(23)19-15-7-4-9-20(12-15)11-14-5-2-1-3-6-14/h1-3,5-6,15H,4,7-13H2,(H,18,22)(H,19,23)/t15-/m1/s1. The molecular formula is C17H24N4O2. The Balaban J connectivity index is 1.50. The molecule has 0 aliphatic carbocycles. The van der Waals surface area contributed by atoms with Crippen LogP contribution in [0, 0.1) is 0 Å². The first-order valence-electron chi connectivity index (χ1n) is 8.29. The van der Waals surface area contributed by atoms with E-state index in [0.717, 1.165) is 32.5 Å². The molecule has 6 heteroatoms. The quantitative estimate of drug-likeness (QED) is 0.867. The minimum Gasteiger partial charge on any atom is -0.353 e. The molecule has 1 aromatic rings. The van der Waals surface area contributed by atoms with E-state index >= 15 is 0 Å². The maximum absolute atomic E-state index is 12.3. The molecule has 0 radical (unpaired) electrons. The summed E-state index contributed by atoms with van der Waals surface area (Å²) in [6.45, 7) is 4.12. The van der Waals surface area contributed by atoms with E-state index in [2.05, 4.69) is 39.8 Å². The second kappa shape index (κ2) is 7.46. The Morgan fingerprint density at radius 2 is 2.09 bits per heavy atom. The second-order valence-electron chi connectivity index (χ2n) is 6.28. The summed E-state index contributed by atoms with van der Waals surface area (Å²) in [6, 6.07) is 10.4. The SMILES string of the molecule is O=C1CN(C(=O)N[C@@H]2CCCN(Cc3ccccc3)C2)CCN1. The fourth-order valence-electron chi connectivity index (χ4n) is 3.24. The molecule has 3 amide bonds. The highest BCUT2D eigenvalue weighted by Crippen LogP contribution is 2.14. The number of hydrogen-bond acceptors (Lipinski definition) is 3. The number of carbonyl (C=O) groups is 2. The molecule has 2 aliphatic heterocycles. The number of amides is 3. The van der Waals surface area contributed by atoms with Crippen molar-refractivity contribution in [1.82, 2.24) is 20.4 Å². The van der Waals surface area contributed by atoms with E-state index in [-0.39, 0.29) is 24.5 Å². The summed E-state index contributed by atoms with van der Waals surface area (Å²) in [7, 11) is 0. The summed E-state index contributed by atoms with van der Waals surface area (Å²) in [5.41, 5.74) is 1.30. The van der Waals surface area contributed by atoms with E-state index in [1.165, 1.54) is 5.56 Å². The van der Waals surface area contributed by atoms with E-state index in [9.17, 15) is 9.59 Å². The van der Waals surface area contributed by atoms with Gasteiger partial charge in [0, 0.05) is 32.2 Å². The van der Waals surface area contributed by atoms with Crippen LogP contribution in [0.3, 0.4) is 0 Å². The Kier molecular flexibility index (Phi) is 5.12. The van der Waals surface area contributed by atoms with Crippen molar-refractivity contribution in [2.75, 3.05) is 32.7 Å². The van der Waals surface area contributed by atoms with E-state index < -0.39 is 0 Å². The number of nitrogens with zero attached hydrogens (tertiary/aromatic N) is 2. The van der Waals surface area contributed by atoms with Gasteiger partial charge in [0.05, 0.1) is 0 Å². The van der Waals surface area contributed by atoms with Crippen LogP contribution in [0.4, 0.5) is 4.79 Å². The van der Waals surface area contributed by atoms with Crippen LogP contribution < -0.4 is 10.6 Å². The predicted molar refractivity (Wildman–Crippen MR) is 87.9 cm³/mol. The molecule has 6 nitrogen and oxygen atoms in total. The Morgan fingerprint density at radius 1 is 1.26 bits per heavy atom. The van der Waals surface area contributed by atoms with Crippen LogP contribution >= 0.6 is 0 Å². The second-order valence-corrected chi connectivity index (χ2v) is 6.28. The van der Waals surface area contributed by atoms with Gasteiger partial charge in [-0.3, -0.25) is 9.69 Å². The van der Waals surface area contributed by atoms with Crippen molar-refractivity contribution in [2.24, 2.45) is 0 Å². The van der Waals surface area contributed by atoms with Gasteiger partial charge in [-0.2, -0.15) is 0 Å². The fraction of sp³-hybridized carbons (Fsp3) is 0.529. The molecule has 2 aliphatic rings. The van der Waals surface area contributed by atoms with Crippen LogP contribution in [0.1, 0.15) is 18.4 Å². The number of rotatable bonds is 3. The van der Waals surface area contributed by atoms with Crippen molar-refractivity contribution in [3.05, 3.63) is 35.9 Å². The molecule has 1 atom stereocenters. The highest BCUT2D eigenvalue weighted by molar-refractivity contribution is 5.85. The molecule has 2 heterocycles. The molecule has 1 aromatic carbocycles. The van der Waals surface area contributed by atoms with Gasteiger partial charge in [-0.05, 0) is 24.9 Å². The maximum atomic E-state index is 12.3. The summed E-state index contributed by atoms with van der Waals surface area (Å²) >= 11 is 0. The molecular weight excluding hydrogens is 292 g/mol. The lowest BCUT2D eigenvalue weighted by molar-refractivity contribution is -0.123. The van der Waals surface area contributed by atoms with Crippen molar-refractivity contribution in [1.29, 1.82) is 0 Å². The van der Waals surface area contributed by atoms with Gasteiger partial charge < -0.3 is 15.5 Å². The molecule has 124 valence electrons. The van der Waals surface area contributed by atoms with Gasteiger partial charge in [-0.15, -0.1) is 0 Å². The lowest BCUT2D eigenvalue weighted by Crippen LogP contribution is -2.56. The molecule has 0 unspecified atom stereocenters. The average Bonchev–Trinajstić information content (AvgIpc) is 2.56. The monoisotopic (exact) mass is 316 g/mol. The summed E-state index contributed by atoms with van der Waals surface area (Å²) < 4.78 is 0. The van der Waals surface area contributed by atoms with Crippen LogP contribution in [-0.2, 0) is 11.3 Å². The Hall–Kier alpha value is -2.08. The molecule has 0 saturated carbocycles. The van der Waals surface area contributed by atoms with Gasteiger partial charge >= 0.3 is 6.03 Å². The molecule has 2 N–H and O–H groups in total. The Bertz CT molecular complexity index is 549. The molecule has 0 bridgehead atoms. The largest absolute Gasteiger partial charge is 0.353 e. The van der Waals surface area contributed by atoms with Gasteiger partial charge in [0.1, 0.15) is 6.54 Å². The van der Waals surface area contributed by atoms with Crippen molar-refractivity contribution >= 4 is 11.9 Å². The van der Waals surface area contributed by atoms with Gasteiger partial charge in [0.25, 0.3) is 0 Å². The topological polar surface area (TPSA) is 64.7 Å². The third-order valence-electron chi connectivity index (χ3n) is 4.41. The zero-order chi connectivity index (χ0) is 16.1. The number of urea groups is 1. The number of piperidine rings is 1. The van der Waals surface area contributed by atoms with Crippen molar-refractivity contribution in [2.45, 2.75) is 25.4 Å². The number of benzene rings is 1. The smallest absolute Gasteiger partial charge is 0.318 e. The van der Waals surface area contributed by atoms with Gasteiger partial charge in [-0.1, -0.05) is 30.3 Å². The summed E-state index contributed by atoms with van der Waals surface area (Å²) in [5.74, 6) is -0.0826. The zero-order valence-electron chi connectivity index (χ0n) is 13.3. The maximum Gasteiger partial charge on any atom is 0.318 e. The predicted octanol–water partition coefficient (Wildman–Crippen LogP) is 0.792. The third kappa shape index (κ3) is 4.45. The summed E-state index contributed by atoms with van der Waals surface area (Å²) in [5, 5.41) is 5.83. The van der Waals surface area contributed by atoms with E-state index in [1.807, 2.05) is 6.07 Å². The van der Waals surface area contributed by atoms with Gasteiger partial charge in [0.2, 0.25) is 5.91 Å². The minimum atomic E-state index is -0.119. The van der Waals surface area contributed by atoms with Crippen LogP contribution in [0.2, 0.25) is 0 Å². The highest BCUT2D eigenvalue weighted by atomic mass is 16.2. The first-order valence-corrected chi connectivity index (χ1v) is 8.29.